The van der Waals surface area contributed by atoms with Crippen molar-refractivity contribution >= 4 is 52.7 Å². The standard InChI is InChI=1S/C48H73N5O11S/c1-10-15-43(57)63-29-53(48(61)37(31(6)12-3)25-41(56)39-16-13-14-21-52(39)9)40(30(4)5)26-42(64-33(8)54)47-51-38(28-65-47)46(60)50-35(24-34-17-19-36(55)20-18-34)23-32(7)45(59)49-27-44(58)62-22-11-2/h17-20,28,30-32,35,37,39-40,42,55H,10-16,21-27,29H2,1-9H3,(H,49,59)(H,50,60)/t31?,32-,35+,37-,39+,40+,42+/m0/s1. The molecule has 1 fully saturated rings. The van der Waals surface area contributed by atoms with Crippen LogP contribution in [0.2, 0.25) is 0 Å². The van der Waals surface area contributed by atoms with Crippen molar-refractivity contribution in [3.8, 4) is 5.75 Å². The van der Waals surface area contributed by atoms with Crippen LogP contribution in [0.25, 0.3) is 0 Å². The topological polar surface area (TPSA) is 211 Å². The van der Waals surface area contributed by atoms with E-state index in [1.165, 1.54) is 24.0 Å². The van der Waals surface area contributed by atoms with Crippen molar-refractivity contribution in [1.82, 2.24) is 25.4 Å². The lowest BCUT2D eigenvalue weighted by molar-refractivity contribution is -0.161. The highest BCUT2D eigenvalue weighted by Crippen LogP contribution is 2.34. The molecule has 1 aliphatic rings. The smallest absolute Gasteiger partial charge is 0.325 e. The summed E-state index contributed by atoms with van der Waals surface area (Å²) in [5, 5.41) is 17.3. The summed E-state index contributed by atoms with van der Waals surface area (Å²) in [4.78, 5) is 101. The number of ketones is 1. The van der Waals surface area contributed by atoms with E-state index in [1.807, 2.05) is 48.6 Å². The van der Waals surface area contributed by atoms with Gasteiger partial charge in [0.05, 0.1) is 12.6 Å². The first-order valence-corrected chi connectivity index (χ1v) is 24.1. The number of likely N-dealkylation sites (N-methyl/N-ethyl adjacent to an activating group) is 1. The van der Waals surface area contributed by atoms with Gasteiger partial charge in [-0.05, 0) is 81.6 Å². The molecule has 65 heavy (non-hydrogen) atoms. The van der Waals surface area contributed by atoms with Crippen LogP contribution in [0.15, 0.2) is 29.6 Å². The summed E-state index contributed by atoms with van der Waals surface area (Å²) in [7, 11) is 1.94. The minimum atomic E-state index is -1.01. The van der Waals surface area contributed by atoms with Crippen LogP contribution < -0.4 is 10.6 Å². The van der Waals surface area contributed by atoms with Gasteiger partial charge >= 0.3 is 17.9 Å². The Hall–Kier alpha value is -4.90. The zero-order valence-corrected chi connectivity index (χ0v) is 40.7. The summed E-state index contributed by atoms with van der Waals surface area (Å²) in [5.41, 5.74) is 0.831. The summed E-state index contributed by atoms with van der Waals surface area (Å²) >= 11 is 1.11. The van der Waals surface area contributed by atoms with E-state index < -0.39 is 59.7 Å². The van der Waals surface area contributed by atoms with Crippen LogP contribution in [0.3, 0.4) is 0 Å². The summed E-state index contributed by atoms with van der Waals surface area (Å²) < 4.78 is 16.6. The van der Waals surface area contributed by atoms with Crippen molar-refractivity contribution in [2.24, 2.45) is 23.7 Å². The number of benzene rings is 1. The molecule has 1 unspecified atom stereocenters. The molecule has 3 amide bonds. The predicted molar refractivity (Wildman–Crippen MR) is 247 cm³/mol. The summed E-state index contributed by atoms with van der Waals surface area (Å²) in [6, 6.07) is 4.98. The van der Waals surface area contributed by atoms with E-state index >= 15 is 0 Å². The maximum atomic E-state index is 14.9. The third kappa shape index (κ3) is 17.8. The fraction of sp³-hybridized carbons (Fsp3) is 0.667. The van der Waals surface area contributed by atoms with Gasteiger partial charge in [-0.1, -0.05) is 73.4 Å². The van der Waals surface area contributed by atoms with Crippen molar-refractivity contribution in [2.45, 2.75) is 150 Å². The summed E-state index contributed by atoms with van der Waals surface area (Å²) in [6.45, 7) is 14.8. The van der Waals surface area contributed by atoms with Crippen molar-refractivity contribution in [3.63, 3.8) is 0 Å². The molecule has 0 aliphatic carbocycles. The second-order valence-corrected chi connectivity index (χ2v) is 18.6. The van der Waals surface area contributed by atoms with Crippen molar-refractivity contribution in [2.75, 3.05) is 33.5 Å². The molecule has 0 radical (unpaired) electrons. The number of nitrogens with zero attached hydrogens (tertiary/aromatic N) is 3. The summed E-state index contributed by atoms with van der Waals surface area (Å²) in [5.74, 6) is -4.53. The number of esters is 3. The number of Topliss-reactive ketones (excluding diaryl/α,β-unsaturated/α-hetero) is 1. The molecule has 0 spiro atoms. The number of aromatic nitrogens is 1. The van der Waals surface area contributed by atoms with Gasteiger partial charge in [0.25, 0.3) is 5.91 Å². The maximum absolute atomic E-state index is 14.9. The molecule has 0 bridgehead atoms. The van der Waals surface area contributed by atoms with Gasteiger partial charge in [0.1, 0.15) is 23.0 Å². The molecular formula is C48H73N5O11S. The first-order valence-electron chi connectivity index (χ1n) is 23.2. The van der Waals surface area contributed by atoms with Gasteiger partial charge in [0.15, 0.2) is 18.6 Å². The number of rotatable bonds is 27. The fourth-order valence-corrected chi connectivity index (χ4v) is 8.87. The van der Waals surface area contributed by atoms with E-state index in [4.69, 9.17) is 14.2 Å². The molecule has 2 heterocycles. The number of piperidine rings is 1. The Bertz CT molecular complexity index is 1870. The number of carbonyl (C=O) groups is 7. The molecule has 0 saturated carbocycles. The molecule has 1 aromatic heterocycles. The van der Waals surface area contributed by atoms with Crippen LogP contribution in [-0.2, 0) is 49.4 Å². The predicted octanol–water partition coefficient (Wildman–Crippen LogP) is 6.54. The zero-order chi connectivity index (χ0) is 48.2. The van der Waals surface area contributed by atoms with Gasteiger partial charge in [-0.2, -0.15) is 0 Å². The Balaban J connectivity index is 1.93. The van der Waals surface area contributed by atoms with Crippen molar-refractivity contribution in [3.05, 3.63) is 45.9 Å². The number of thiazole rings is 1. The van der Waals surface area contributed by atoms with Crippen molar-refractivity contribution < 1.29 is 52.9 Å². The van der Waals surface area contributed by atoms with E-state index in [1.54, 1.807) is 24.4 Å². The zero-order valence-electron chi connectivity index (χ0n) is 39.9. The molecular weight excluding hydrogens is 855 g/mol. The number of amides is 3. The lowest BCUT2D eigenvalue weighted by atomic mass is 9.82. The first-order chi connectivity index (χ1) is 30.9. The number of nitrogens with one attached hydrogen (secondary N) is 2. The molecule has 7 atom stereocenters. The van der Waals surface area contributed by atoms with E-state index in [2.05, 4.69) is 20.5 Å². The number of phenolic OH excluding ortho intramolecular Hbond substituents is 1. The van der Waals surface area contributed by atoms with Gasteiger partial charge in [-0.25, -0.2) is 4.98 Å². The molecule has 16 nitrogen and oxygen atoms in total. The van der Waals surface area contributed by atoms with Gasteiger partial charge < -0.3 is 34.9 Å². The third-order valence-corrected chi connectivity index (χ3v) is 12.9. The quantitative estimate of drug-likeness (QED) is 0.0494. The van der Waals surface area contributed by atoms with Gasteiger partial charge in [-0.3, -0.25) is 38.5 Å². The second-order valence-electron chi connectivity index (χ2n) is 17.7. The van der Waals surface area contributed by atoms with Crippen LogP contribution in [0, 0.1) is 23.7 Å². The normalized spacial score (nSPS) is 16.9. The number of hydrogen-bond donors (Lipinski definition) is 3. The number of aromatic hydroxyl groups is 1. The van der Waals surface area contributed by atoms with Crippen molar-refractivity contribution in [1.29, 1.82) is 0 Å². The Kier molecular flexibility index (Phi) is 23.1. The molecule has 3 N–H and O–H groups in total. The minimum absolute atomic E-state index is 0.00804. The van der Waals surface area contributed by atoms with Crippen LogP contribution >= 0.6 is 11.3 Å². The van der Waals surface area contributed by atoms with Crippen LogP contribution in [0.1, 0.15) is 147 Å². The highest BCUT2D eigenvalue weighted by atomic mass is 32.1. The second kappa shape index (κ2) is 27.5. The van der Waals surface area contributed by atoms with Gasteiger partial charge in [-0.15, -0.1) is 11.3 Å². The molecule has 1 aromatic carbocycles. The number of hydrogen-bond acceptors (Lipinski definition) is 14. The van der Waals surface area contributed by atoms with E-state index in [0.29, 0.717) is 30.7 Å². The lowest BCUT2D eigenvalue weighted by Crippen LogP contribution is -2.50. The Labute approximate surface area is 388 Å². The number of ether oxygens (including phenoxy) is 3. The Morgan fingerprint density at radius 1 is 0.954 bits per heavy atom. The van der Waals surface area contributed by atoms with Crippen LogP contribution in [-0.4, -0.2) is 113 Å². The fourth-order valence-electron chi connectivity index (χ4n) is 8.03. The molecule has 3 rings (SSSR count). The highest BCUT2D eigenvalue weighted by Gasteiger charge is 2.40. The Morgan fingerprint density at radius 2 is 1.66 bits per heavy atom. The minimum Gasteiger partial charge on any atom is -0.508 e. The van der Waals surface area contributed by atoms with Gasteiger partial charge in [0, 0.05) is 55.5 Å². The Morgan fingerprint density at radius 3 is 2.28 bits per heavy atom. The van der Waals surface area contributed by atoms with Crippen LogP contribution in [0.4, 0.5) is 0 Å². The lowest BCUT2D eigenvalue weighted by Gasteiger charge is -2.39. The third-order valence-electron chi connectivity index (χ3n) is 12.0. The van der Waals surface area contributed by atoms with E-state index in [0.717, 1.165) is 42.7 Å². The summed E-state index contributed by atoms with van der Waals surface area (Å²) in [6.07, 6.45) is 4.26. The van der Waals surface area contributed by atoms with Crippen LogP contribution in [0.5, 0.6) is 5.75 Å². The largest absolute Gasteiger partial charge is 0.508 e. The number of carbonyl (C=O) groups excluding carboxylic acids is 7. The monoisotopic (exact) mass is 928 g/mol. The average molecular weight is 928 g/mol. The molecule has 2 aromatic rings. The molecule has 362 valence electrons. The molecule has 17 heteroatoms. The average Bonchev–Trinajstić information content (AvgIpc) is 3.77. The molecule has 1 saturated heterocycles. The van der Waals surface area contributed by atoms with E-state index in [9.17, 15) is 38.7 Å². The van der Waals surface area contributed by atoms with E-state index in [-0.39, 0.29) is 86.6 Å². The maximum Gasteiger partial charge on any atom is 0.325 e. The number of likely N-dealkylation sites (tertiary alicyclic amines) is 1. The highest BCUT2D eigenvalue weighted by molar-refractivity contribution is 7.09. The molecule has 1 aliphatic heterocycles. The number of phenols is 1. The SMILES string of the molecule is CCCOC(=O)CNC(=O)[C@@H](C)C[C@H](Cc1ccc(O)cc1)NC(=O)c1csc([C@@H](C[C@H](C(C)C)N(COC(=O)CCC)C(=O)[C@@H](CC(=O)[C@H]2CCCCN2C)C(C)CC)OC(C)=O)n1. The van der Waals surface area contributed by atoms with Gasteiger partial charge in [0.2, 0.25) is 11.8 Å². The first kappa shape index (κ1) is 54.4.